The smallest absolute Gasteiger partial charge is 0.490 e. The molecule has 1 atom stereocenters. The molecule has 4 heterocycles. The summed E-state index contributed by atoms with van der Waals surface area (Å²) >= 11 is 0. The second-order valence-electron chi connectivity index (χ2n) is 8.70. The van der Waals surface area contributed by atoms with Gasteiger partial charge in [-0.2, -0.15) is 13.2 Å². The van der Waals surface area contributed by atoms with Crippen molar-refractivity contribution in [1.82, 2.24) is 29.7 Å². The van der Waals surface area contributed by atoms with E-state index in [1.54, 1.807) is 18.2 Å². The Morgan fingerprint density at radius 3 is 2.48 bits per heavy atom. The van der Waals surface area contributed by atoms with E-state index in [2.05, 4.69) is 15.3 Å². The summed E-state index contributed by atoms with van der Waals surface area (Å²) in [4.78, 5) is 33.6. The molecule has 0 spiro atoms. The van der Waals surface area contributed by atoms with E-state index in [-0.39, 0.29) is 17.8 Å². The Balaban J connectivity index is 0.000000470. The van der Waals surface area contributed by atoms with Crippen molar-refractivity contribution in [3.63, 3.8) is 0 Å². The number of nitrogen functional groups attached to an aromatic ring is 1. The Kier molecular flexibility index (Phi) is 7.90. The summed E-state index contributed by atoms with van der Waals surface area (Å²) in [5, 5.41) is 14.8. The Labute approximate surface area is 224 Å². The van der Waals surface area contributed by atoms with Crippen LogP contribution in [0.1, 0.15) is 23.7 Å². The molecule has 16 heteroatoms. The zero-order valence-electron chi connectivity index (χ0n) is 21.3. The summed E-state index contributed by atoms with van der Waals surface area (Å²) in [5.41, 5.74) is 15.3. The van der Waals surface area contributed by atoms with Gasteiger partial charge in [-0.25, -0.2) is 14.4 Å². The zero-order chi connectivity index (χ0) is 29.2. The number of methoxy groups -OCH3 is 1. The molecule has 1 aliphatic rings. The maximum Gasteiger partial charge on any atom is 0.490 e. The van der Waals surface area contributed by atoms with Crippen molar-refractivity contribution >= 4 is 28.7 Å². The van der Waals surface area contributed by atoms with Gasteiger partial charge >= 0.3 is 12.1 Å². The van der Waals surface area contributed by atoms with Crippen molar-refractivity contribution in [2.45, 2.75) is 32.1 Å². The van der Waals surface area contributed by atoms with Gasteiger partial charge in [0.25, 0.3) is 5.91 Å². The second-order valence-corrected chi connectivity index (χ2v) is 8.70. The van der Waals surface area contributed by atoms with E-state index >= 15 is 0 Å². The van der Waals surface area contributed by atoms with Gasteiger partial charge < -0.3 is 30.8 Å². The Morgan fingerprint density at radius 1 is 1.23 bits per heavy atom. The molecular weight excluding hydrogens is 537 g/mol. The summed E-state index contributed by atoms with van der Waals surface area (Å²) in [5.74, 6) is -1.69. The van der Waals surface area contributed by atoms with Crippen LogP contribution in [0.25, 0.3) is 33.8 Å². The van der Waals surface area contributed by atoms with Crippen molar-refractivity contribution in [2.75, 3.05) is 25.9 Å². The van der Waals surface area contributed by atoms with Crippen LogP contribution < -0.4 is 16.2 Å². The third-order valence-corrected chi connectivity index (χ3v) is 6.16. The number of ether oxygens (including phenoxy) is 1. The number of nitrogens with two attached hydrogens (primary N) is 2. The van der Waals surface area contributed by atoms with Gasteiger partial charge in [-0.05, 0) is 35.8 Å². The molecule has 1 aromatic carbocycles. The number of amides is 1. The number of fused-ring (bicyclic) bond motifs is 1. The number of carbonyl (C=O) groups is 2. The molecule has 0 saturated carbocycles. The molecule has 5 rings (SSSR count). The van der Waals surface area contributed by atoms with Crippen LogP contribution in [0, 0.1) is 0 Å². The fraction of sp³-hybridized carbons (Fsp3) is 0.333. The lowest BCUT2D eigenvalue weighted by molar-refractivity contribution is -0.192. The predicted molar refractivity (Wildman–Crippen MR) is 135 cm³/mol. The normalized spacial score (nSPS) is 15.2. The number of anilines is 1. The molecule has 0 radical (unpaired) electrons. The van der Waals surface area contributed by atoms with Crippen LogP contribution in [0.3, 0.4) is 0 Å². The number of alkyl halides is 3. The molecule has 3 aromatic heterocycles. The number of para-hydroxylation sites is 1. The third-order valence-electron chi connectivity index (χ3n) is 6.16. The van der Waals surface area contributed by atoms with Crippen LogP contribution in [0.5, 0.6) is 5.75 Å². The minimum atomic E-state index is -5.08. The zero-order valence-corrected chi connectivity index (χ0v) is 21.3. The molecule has 212 valence electrons. The summed E-state index contributed by atoms with van der Waals surface area (Å²) in [6.45, 7) is 3.57. The van der Waals surface area contributed by atoms with Crippen molar-refractivity contribution < 1.29 is 37.2 Å². The highest BCUT2D eigenvalue weighted by atomic mass is 19.4. The van der Waals surface area contributed by atoms with Gasteiger partial charge in [-0.1, -0.05) is 12.1 Å². The van der Waals surface area contributed by atoms with Crippen LogP contribution in [0.4, 0.5) is 19.0 Å². The van der Waals surface area contributed by atoms with Gasteiger partial charge in [-0.15, -0.1) is 0 Å². The largest absolute Gasteiger partial charge is 0.496 e. The SMILES string of the molecule is CCn1c(-c2nonc2N)nc2c(-c3ccccc3OC)ncc(C(=O)N3CCC(N)C3)c21.O=C(O)C(F)(F)F. The maximum atomic E-state index is 13.5. The molecule has 5 N–H and O–H groups in total. The van der Waals surface area contributed by atoms with E-state index in [4.69, 9.17) is 35.7 Å². The predicted octanol–water partition coefficient (Wildman–Crippen LogP) is 2.57. The molecule has 13 nitrogen and oxygen atoms in total. The minimum absolute atomic E-state index is 0.0297. The first-order chi connectivity index (χ1) is 19.0. The lowest BCUT2D eigenvalue weighted by atomic mass is 10.1. The molecular formula is C24H25F3N8O5. The average Bonchev–Trinajstić information content (AvgIpc) is 3.65. The number of aryl methyl sites for hydroxylation is 1. The van der Waals surface area contributed by atoms with Crippen LogP contribution >= 0.6 is 0 Å². The van der Waals surface area contributed by atoms with Crippen molar-refractivity contribution in [3.05, 3.63) is 36.0 Å². The molecule has 1 aliphatic heterocycles. The van der Waals surface area contributed by atoms with E-state index in [0.29, 0.717) is 59.2 Å². The topological polar surface area (TPSA) is 189 Å². The number of hydrogen-bond acceptors (Lipinski definition) is 10. The fourth-order valence-corrected chi connectivity index (χ4v) is 4.32. The summed E-state index contributed by atoms with van der Waals surface area (Å²) in [6, 6.07) is 7.50. The van der Waals surface area contributed by atoms with Gasteiger partial charge in [-0.3, -0.25) is 9.78 Å². The number of carboxylic acids is 1. The highest BCUT2D eigenvalue weighted by Gasteiger charge is 2.38. The standard InChI is InChI=1S/C22H24N8O3.C2HF3O2/c1-3-30-19-14(22(31)29-9-8-12(23)11-29)10-25-16(13-6-4-5-7-15(13)32-2)17(19)26-21(30)18-20(24)28-33-27-18;3-2(4,5)1(6)7/h4-7,10,12H,3,8-9,11,23H2,1-2H3,(H2,24,28);(H,6,7). The Morgan fingerprint density at radius 2 is 1.93 bits per heavy atom. The van der Waals surface area contributed by atoms with Crippen LogP contribution in [-0.4, -0.2) is 79.1 Å². The monoisotopic (exact) mass is 562 g/mol. The number of imidazole rings is 1. The lowest BCUT2D eigenvalue weighted by Crippen LogP contribution is -2.32. The van der Waals surface area contributed by atoms with E-state index in [0.717, 1.165) is 12.0 Å². The number of pyridine rings is 1. The van der Waals surface area contributed by atoms with Crippen molar-refractivity contribution in [2.24, 2.45) is 5.73 Å². The van der Waals surface area contributed by atoms with Crippen molar-refractivity contribution in [1.29, 1.82) is 0 Å². The van der Waals surface area contributed by atoms with Crippen LogP contribution in [0.2, 0.25) is 0 Å². The molecule has 40 heavy (non-hydrogen) atoms. The quantitative estimate of drug-likeness (QED) is 0.324. The molecule has 1 amide bonds. The number of nitrogens with zero attached hydrogens (tertiary/aromatic N) is 6. The molecule has 0 bridgehead atoms. The second kappa shape index (κ2) is 11.2. The first kappa shape index (κ1) is 28.3. The van der Waals surface area contributed by atoms with Crippen LogP contribution in [0.15, 0.2) is 35.1 Å². The number of benzene rings is 1. The Bertz CT molecular complexity index is 1550. The van der Waals surface area contributed by atoms with Crippen LogP contribution in [-0.2, 0) is 11.3 Å². The Hall–Kier alpha value is -4.73. The highest BCUT2D eigenvalue weighted by molar-refractivity contribution is 6.08. The lowest BCUT2D eigenvalue weighted by Gasteiger charge is -2.18. The van der Waals surface area contributed by atoms with Gasteiger partial charge in [0, 0.05) is 37.4 Å². The minimum Gasteiger partial charge on any atom is -0.496 e. The number of likely N-dealkylation sites (tertiary alicyclic amines) is 1. The maximum absolute atomic E-state index is 13.5. The fourth-order valence-electron chi connectivity index (χ4n) is 4.32. The first-order valence-corrected chi connectivity index (χ1v) is 11.9. The van der Waals surface area contributed by atoms with Gasteiger partial charge in [0.2, 0.25) is 0 Å². The number of carbonyl (C=O) groups excluding carboxylic acids is 1. The van der Waals surface area contributed by atoms with Gasteiger partial charge in [0.15, 0.2) is 17.3 Å². The summed E-state index contributed by atoms with van der Waals surface area (Å²) in [7, 11) is 1.60. The van der Waals surface area contributed by atoms with E-state index in [1.165, 1.54) is 0 Å². The molecule has 4 aromatic rings. The molecule has 0 aliphatic carbocycles. The third kappa shape index (κ3) is 5.38. The number of rotatable bonds is 5. The highest BCUT2D eigenvalue weighted by Crippen LogP contribution is 2.37. The van der Waals surface area contributed by atoms with Gasteiger partial charge in [0.05, 0.1) is 18.2 Å². The van der Waals surface area contributed by atoms with E-state index < -0.39 is 12.1 Å². The number of aliphatic carboxylic acids is 1. The number of aromatic nitrogens is 5. The summed E-state index contributed by atoms with van der Waals surface area (Å²) < 4.78 is 44.0. The van der Waals surface area contributed by atoms with Crippen molar-refractivity contribution in [3.8, 4) is 28.5 Å². The molecule has 1 saturated heterocycles. The number of halogens is 3. The van der Waals surface area contributed by atoms with E-state index in [9.17, 15) is 18.0 Å². The summed E-state index contributed by atoms with van der Waals surface area (Å²) in [6.07, 6.45) is -2.72. The number of hydrogen-bond donors (Lipinski definition) is 3. The average molecular weight is 563 g/mol. The van der Waals surface area contributed by atoms with E-state index in [1.807, 2.05) is 35.8 Å². The number of carboxylic acid groups (broad SMARTS) is 1. The first-order valence-electron chi connectivity index (χ1n) is 11.9. The molecule has 1 unspecified atom stereocenters. The van der Waals surface area contributed by atoms with Gasteiger partial charge in [0.1, 0.15) is 17.0 Å². The molecule has 1 fully saturated rings.